The van der Waals surface area contributed by atoms with Gasteiger partial charge < -0.3 is 0 Å². The molecule has 4 rings (SSSR count). The van der Waals surface area contributed by atoms with Crippen LogP contribution in [-0.2, 0) is 21.2 Å². The maximum absolute atomic E-state index is 14.1. The molecular weight excluding hydrogens is 444 g/mol. The minimum absolute atomic E-state index is 0.0125. The number of anilines is 1. The Morgan fingerprint density at radius 2 is 1.77 bits per heavy atom. The Kier molecular flexibility index (Phi) is 5.75. The standard InChI is InChI=1S/C21H15F2N3O3S2/c22-14-10-17(23)20-18(11-14)30-21(25-20)26(12-15-6-4-5-9-24-15)19(27)13-31(28,29)16-7-2-1-3-8-16/h1-11H,12-13H2. The number of amides is 1. The second-order valence-electron chi connectivity index (χ2n) is 6.60. The number of carbonyl (C=O) groups is 1. The van der Waals surface area contributed by atoms with Gasteiger partial charge >= 0.3 is 0 Å². The Bertz CT molecular complexity index is 1340. The molecule has 0 saturated carbocycles. The monoisotopic (exact) mass is 459 g/mol. The number of carbonyl (C=O) groups excluding carboxylic acids is 1. The van der Waals surface area contributed by atoms with Crippen molar-refractivity contribution in [3.8, 4) is 0 Å². The number of rotatable bonds is 6. The Labute approximate surface area is 180 Å². The fraction of sp³-hybridized carbons (Fsp3) is 0.0952. The molecule has 31 heavy (non-hydrogen) atoms. The van der Waals surface area contributed by atoms with Crippen LogP contribution in [-0.4, -0.2) is 30.0 Å². The summed E-state index contributed by atoms with van der Waals surface area (Å²) in [5, 5.41) is 0.0541. The van der Waals surface area contributed by atoms with Gasteiger partial charge in [-0.3, -0.25) is 14.7 Å². The average Bonchev–Trinajstić information content (AvgIpc) is 3.17. The Hall–Kier alpha value is -3.24. The third-order valence-electron chi connectivity index (χ3n) is 4.40. The summed E-state index contributed by atoms with van der Waals surface area (Å²) < 4.78 is 53.4. The molecule has 1 amide bonds. The highest BCUT2D eigenvalue weighted by Crippen LogP contribution is 2.32. The summed E-state index contributed by atoms with van der Waals surface area (Å²) in [4.78, 5) is 22.5. The fourth-order valence-electron chi connectivity index (χ4n) is 2.93. The largest absolute Gasteiger partial charge is 0.281 e. The normalized spacial score (nSPS) is 11.5. The van der Waals surface area contributed by atoms with Gasteiger partial charge in [0.05, 0.1) is 21.8 Å². The van der Waals surface area contributed by atoms with Crippen molar-refractivity contribution >= 4 is 42.4 Å². The van der Waals surface area contributed by atoms with E-state index < -0.39 is 33.1 Å². The van der Waals surface area contributed by atoms with Gasteiger partial charge in [0, 0.05) is 12.3 Å². The summed E-state index contributed by atoms with van der Waals surface area (Å²) in [6, 6.07) is 14.5. The zero-order chi connectivity index (χ0) is 22.0. The Morgan fingerprint density at radius 1 is 1.03 bits per heavy atom. The molecular formula is C21H15F2N3O3S2. The van der Waals surface area contributed by atoms with Crippen LogP contribution in [0.25, 0.3) is 10.2 Å². The van der Waals surface area contributed by atoms with Crippen molar-refractivity contribution in [1.29, 1.82) is 0 Å². The van der Waals surface area contributed by atoms with E-state index in [-0.39, 0.29) is 26.8 Å². The van der Waals surface area contributed by atoms with Crippen LogP contribution in [0.4, 0.5) is 13.9 Å². The van der Waals surface area contributed by atoms with Crippen LogP contribution < -0.4 is 4.90 Å². The van der Waals surface area contributed by atoms with E-state index in [9.17, 15) is 22.0 Å². The zero-order valence-corrected chi connectivity index (χ0v) is 17.5. The lowest BCUT2D eigenvalue weighted by molar-refractivity contribution is -0.116. The number of nitrogens with zero attached hydrogens (tertiary/aromatic N) is 3. The number of hydrogen-bond acceptors (Lipinski definition) is 6. The van der Waals surface area contributed by atoms with Crippen molar-refractivity contribution in [3.05, 3.63) is 84.2 Å². The number of aromatic nitrogens is 2. The van der Waals surface area contributed by atoms with Crippen LogP contribution in [0, 0.1) is 11.6 Å². The lowest BCUT2D eigenvalue weighted by atomic mass is 10.3. The molecule has 0 unspecified atom stereocenters. The smallest absolute Gasteiger partial charge is 0.244 e. The SMILES string of the molecule is O=C(CS(=O)(=O)c1ccccc1)N(Cc1ccccn1)c1nc2c(F)cc(F)cc2s1. The lowest BCUT2D eigenvalue weighted by Gasteiger charge is -2.19. The predicted molar refractivity (Wildman–Crippen MR) is 113 cm³/mol. The van der Waals surface area contributed by atoms with Crippen LogP contribution in [0.3, 0.4) is 0 Å². The zero-order valence-electron chi connectivity index (χ0n) is 15.9. The van der Waals surface area contributed by atoms with Crippen molar-refractivity contribution in [3.63, 3.8) is 0 Å². The van der Waals surface area contributed by atoms with E-state index in [1.54, 1.807) is 36.4 Å². The van der Waals surface area contributed by atoms with Crippen molar-refractivity contribution in [2.24, 2.45) is 0 Å². The number of benzene rings is 2. The summed E-state index contributed by atoms with van der Waals surface area (Å²) in [5.41, 5.74) is 0.394. The molecule has 0 spiro atoms. The summed E-state index contributed by atoms with van der Waals surface area (Å²) >= 11 is 0.894. The topological polar surface area (TPSA) is 80.2 Å². The van der Waals surface area contributed by atoms with Gasteiger partial charge in [-0.05, 0) is 30.3 Å². The van der Waals surface area contributed by atoms with Gasteiger partial charge in [0.1, 0.15) is 17.1 Å². The molecule has 0 bridgehead atoms. The van der Waals surface area contributed by atoms with Crippen LogP contribution in [0.2, 0.25) is 0 Å². The van der Waals surface area contributed by atoms with Gasteiger partial charge in [-0.15, -0.1) is 0 Å². The minimum Gasteiger partial charge on any atom is -0.281 e. The molecule has 0 fully saturated rings. The lowest BCUT2D eigenvalue weighted by Crippen LogP contribution is -2.35. The molecule has 6 nitrogen and oxygen atoms in total. The average molecular weight is 459 g/mol. The molecule has 0 radical (unpaired) electrons. The van der Waals surface area contributed by atoms with Gasteiger partial charge in [0.25, 0.3) is 0 Å². The van der Waals surface area contributed by atoms with Crippen LogP contribution >= 0.6 is 11.3 Å². The van der Waals surface area contributed by atoms with Gasteiger partial charge in [0.15, 0.2) is 20.8 Å². The van der Waals surface area contributed by atoms with Gasteiger partial charge in [-0.2, -0.15) is 0 Å². The number of fused-ring (bicyclic) bond motifs is 1. The van der Waals surface area contributed by atoms with Crippen molar-refractivity contribution in [2.45, 2.75) is 11.4 Å². The second-order valence-corrected chi connectivity index (χ2v) is 9.60. The van der Waals surface area contributed by atoms with Gasteiger partial charge in [-0.1, -0.05) is 35.6 Å². The molecule has 0 aliphatic heterocycles. The molecule has 158 valence electrons. The van der Waals surface area contributed by atoms with Gasteiger partial charge in [-0.25, -0.2) is 22.2 Å². The van der Waals surface area contributed by atoms with E-state index in [2.05, 4.69) is 9.97 Å². The maximum Gasteiger partial charge on any atom is 0.244 e. The molecule has 0 aliphatic carbocycles. The summed E-state index contributed by atoms with van der Waals surface area (Å²) in [5.74, 6) is -3.19. The number of sulfone groups is 1. The third-order valence-corrected chi connectivity index (χ3v) is 7.04. The second kappa shape index (κ2) is 8.48. The minimum atomic E-state index is -3.92. The van der Waals surface area contributed by atoms with Crippen LogP contribution in [0.5, 0.6) is 0 Å². The first-order valence-electron chi connectivity index (χ1n) is 9.07. The molecule has 4 aromatic rings. The summed E-state index contributed by atoms with van der Waals surface area (Å²) in [6.45, 7) is -0.0755. The molecule has 0 N–H and O–H groups in total. The Morgan fingerprint density at radius 3 is 2.48 bits per heavy atom. The highest BCUT2D eigenvalue weighted by Gasteiger charge is 2.27. The van der Waals surface area contributed by atoms with E-state index in [0.29, 0.717) is 11.8 Å². The summed E-state index contributed by atoms with van der Waals surface area (Å²) in [7, 11) is -3.92. The van der Waals surface area contributed by atoms with Crippen molar-refractivity contribution < 1.29 is 22.0 Å². The summed E-state index contributed by atoms with van der Waals surface area (Å²) in [6.07, 6.45) is 1.53. The first-order chi connectivity index (χ1) is 14.8. The third kappa shape index (κ3) is 4.59. The van der Waals surface area contributed by atoms with E-state index in [1.165, 1.54) is 18.3 Å². The van der Waals surface area contributed by atoms with E-state index in [0.717, 1.165) is 22.3 Å². The molecule has 0 aliphatic rings. The molecule has 2 aromatic heterocycles. The molecule has 0 atom stereocenters. The van der Waals surface area contributed by atoms with E-state index in [1.807, 2.05) is 0 Å². The van der Waals surface area contributed by atoms with Crippen molar-refractivity contribution in [1.82, 2.24) is 9.97 Å². The quantitative estimate of drug-likeness (QED) is 0.436. The highest BCUT2D eigenvalue weighted by atomic mass is 32.2. The van der Waals surface area contributed by atoms with E-state index >= 15 is 0 Å². The number of hydrogen-bond donors (Lipinski definition) is 0. The predicted octanol–water partition coefficient (Wildman–Crippen LogP) is 3.98. The fourth-order valence-corrected chi connectivity index (χ4v) is 5.17. The Balaban J connectivity index is 1.72. The molecule has 10 heteroatoms. The van der Waals surface area contributed by atoms with Crippen LogP contribution in [0.1, 0.15) is 5.69 Å². The maximum atomic E-state index is 14.1. The van der Waals surface area contributed by atoms with Crippen LogP contribution in [0.15, 0.2) is 71.8 Å². The first-order valence-corrected chi connectivity index (χ1v) is 11.5. The van der Waals surface area contributed by atoms with E-state index in [4.69, 9.17) is 0 Å². The number of halogens is 2. The van der Waals surface area contributed by atoms with Crippen molar-refractivity contribution in [2.75, 3.05) is 10.7 Å². The molecule has 2 aromatic carbocycles. The first kappa shape index (κ1) is 21.0. The number of thiazole rings is 1. The highest BCUT2D eigenvalue weighted by molar-refractivity contribution is 7.92. The van der Waals surface area contributed by atoms with Gasteiger partial charge in [0.2, 0.25) is 5.91 Å². The molecule has 0 saturated heterocycles. The molecule has 2 heterocycles. The number of pyridine rings is 1.